The molecule has 1 aromatic heterocycles. The maximum absolute atomic E-state index is 12.0. The lowest BCUT2D eigenvalue weighted by atomic mass is 10.1. The predicted molar refractivity (Wildman–Crippen MR) is 57.8 cm³/mol. The van der Waals surface area contributed by atoms with Crippen LogP contribution in [0.1, 0.15) is 21.7 Å². The molecule has 0 saturated carbocycles. The molecule has 0 aliphatic heterocycles. The Hall–Kier alpha value is -1.96. The minimum atomic E-state index is 0.0456. The third-order valence-corrected chi connectivity index (χ3v) is 2.71. The van der Waals surface area contributed by atoms with Gasteiger partial charge in [0.2, 0.25) is 5.78 Å². The van der Waals surface area contributed by atoms with E-state index in [9.17, 15) is 4.79 Å². The minimum absolute atomic E-state index is 0.0456. The Morgan fingerprint density at radius 1 is 0.933 bits per heavy atom. The smallest absolute Gasteiger partial charge is 0.212 e. The van der Waals surface area contributed by atoms with Gasteiger partial charge in [-0.15, -0.1) is 0 Å². The summed E-state index contributed by atoms with van der Waals surface area (Å²) in [7, 11) is 0. The van der Waals surface area contributed by atoms with Gasteiger partial charge in [-0.1, -0.05) is 30.3 Å². The van der Waals surface area contributed by atoms with Crippen LogP contribution in [0.5, 0.6) is 0 Å². The third-order valence-electron chi connectivity index (χ3n) is 2.71. The maximum atomic E-state index is 12.0. The molecule has 72 valence electrons. The molecule has 1 aromatic carbocycles. The van der Waals surface area contributed by atoms with Crippen LogP contribution >= 0.6 is 0 Å². The van der Waals surface area contributed by atoms with Gasteiger partial charge in [0.05, 0.1) is 0 Å². The summed E-state index contributed by atoms with van der Waals surface area (Å²) in [5.41, 5.74) is 4.21. The number of benzene rings is 1. The number of ketones is 1. The minimum Gasteiger partial charge on any atom is -0.287 e. The van der Waals surface area contributed by atoms with Gasteiger partial charge in [0.15, 0.2) is 0 Å². The topological polar surface area (TPSA) is 30.0 Å². The first-order chi connectivity index (χ1) is 7.27. The summed E-state index contributed by atoms with van der Waals surface area (Å²) in [5.74, 6) is 0.0456. The van der Waals surface area contributed by atoms with Crippen molar-refractivity contribution >= 4 is 5.78 Å². The molecule has 0 unspecified atom stereocenters. The highest BCUT2D eigenvalue weighted by molar-refractivity contribution is 6.20. The average Bonchev–Trinajstić information content (AvgIpc) is 2.54. The second-order valence-corrected chi connectivity index (χ2v) is 3.72. The Balaban J connectivity index is 2.38. The fourth-order valence-corrected chi connectivity index (χ4v) is 1.99. The molecule has 0 N–H and O–H groups in total. The molecule has 1 aliphatic rings. The number of carbonyl (C=O) groups excluding carboxylic acids is 1. The van der Waals surface area contributed by atoms with E-state index >= 15 is 0 Å². The van der Waals surface area contributed by atoms with Crippen LogP contribution in [-0.2, 0) is 0 Å². The molecular formula is C13H9NO. The van der Waals surface area contributed by atoms with E-state index in [0.29, 0.717) is 5.69 Å². The monoisotopic (exact) mass is 195 g/mol. The van der Waals surface area contributed by atoms with Crippen molar-refractivity contribution in [3.8, 4) is 11.1 Å². The second-order valence-electron chi connectivity index (χ2n) is 3.72. The first-order valence-corrected chi connectivity index (χ1v) is 4.89. The highest BCUT2D eigenvalue weighted by Crippen LogP contribution is 2.34. The predicted octanol–water partition coefficient (Wildman–Crippen LogP) is 2.60. The molecule has 0 bridgehead atoms. The summed E-state index contributed by atoms with van der Waals surface area (Å²) in [6.07, 6.45) is 0. The van der Waals surface area contributed by atoms with Crippen LogP contribution in [0.25, 0.3) is 11.1 Å². The molecule has 0 atom stereocenters. The zero-order chi connectivity index (χ0) is 10.4. The van der Waals surface area contributed by atoms with Gasteiger partial charge >= 0.3 is 0 Å². The van der Waals surface area contributed by atoms with Crippen molar-refractivity contribution < 1.29 is 4.79 Å². The highest BCUT2D eigenvalue weighted by atomic mass is 16.1. The lowest BCUT2D eigenvalue weighted by Crippen LogP contribution is -1.98. The van der Waals surface area contributed by atoms with Gasteiger partial charge in [0.1, 0.15) is 5.69 Å². The molecule has 0 fully saturated rings. The van der Waals surface area contributed by atoms with Crippen LogP contribution in [-0.4, -0.2) is 10.8 Å². The van der Waals surface area contributed by atoms with Crippen molar-refractivity contribution in [3.05, 3.63) is 53.3 Å². The molecule has 0 saturated heterocycles. The zero-order valence-corrected chi connectivity index (χ0v) is 8.32. The number of fused-ring (bicyclic) bond motifs is 3. The van der Waals surface area contributed by atoms with Crippen LogP contribution in [0.15, 0.2) is 36.4 Å². The lowest BCUT2D eigenvalue weighted by Gasteiger charge is -1.98. The van der Waals surface area contributed by atoms with Crippen LogP contribution in [0.2, 0.25) is 0 Å². The molecule has 0 radical (unpaired) electrons. The molecule has 3 rings (SSSR count). The number of hydrogen-bond donors (Lipinski definition) is 0. The quantitative estimate of drug-likeness (QED) is 0.552. The van der Waals surface area contributed by atoms with Gasteiger partial charge in [-0.05, 0) is 18.6 Å². The molecule has 0 spiro atoms. The molecule has 15 heavy (non-hydrogen) atoms. The Morgan fingerprint density at radius 3 is 2.47 bits per heavy atom. The van der Waals surface area contributed by atoms with E-state index in [2.05, 4.69) is 4.98 Å². The number of pyridine rings is 1. The Kier molecular flexibility index (Phi) is 1.54. The fraction of sp³-hybridized carbons (Fsp3) is 0.0769. The van der Waals surface area contributed by atoms with E-state index in [1.54, 1.807) is 0 Å². The molecule has 1 aliphatic carbocycles. The van der Waals surface area contributed by atoms with Crippen LogP contribution in [0.3, 0.4) is 0 Å². The first kappa shape index (κ1) is 8.36. The highest BCUT2D eigenvalue weighted by Gasteiger charge is 2.27. The van der Waals surface area contributed by atoms with Crippen LogP contribution < -0.4 is 0 Å². The number of hydrogen-bond acceptors (Lipinski definition) is 2. The van der Waals surface area contributed by atoms with E-state index in [1.807, 2.05) is 43.3 Å². The van der Waals surface area contributed by atoms with E-state index in [1.165, 1.54) is 0 Å². The summed E-state index contributed by atoms with van der Waals surface area (Å²) in [6, 6.07) is 11.6. The van der Waals surface area contributed by atoms with Crippen molar-refractivity contribution in [2.45, 2.75) is 6.92 Å². The molecule has 2 nitrogen and oxygen atoms in total. The number of nitrogens with zero attached hydrogens (tertiary/aromatic N) is 1. The normalized spacial score (nSPS) is 12.5. The van der Waals surface area contributed by atoms with E-state index < -0.39 is 0 Å². The number of aromatic nitrogens is 1. The summed E-state index contributed by atoms with van der Waals surface area (Å²) < 4.78 is 0. The Morgan fingerprint density at radius 2 is 1.67 bits per heavy atom. The molecule has 0 amide bonds. The van der Waals surface area contributed by atoms with Crippen LogP contribution in [0.4, 0.5) is 0 Å². The lowest BCUT2D eigenvalue weighted by molar-refractivity contribution is 0.103. The third kappa shape index (κ3) is 1.05. The Labute approximate surface area is 87.6 Å². The van der Waals surface area contributed by atoms with Gasteiger partial charge in [-0.3, -0.25) is 4.79 Å². The maximum Gasteiger partial charge on any atom is 0.212 e. The standard InChI is InChI=1S/C13H9NO/c1-8-6-7-10-9-4-2-3-5-11(9)13(15)12(10)14-8/h2-7H,1H3. The van der Waals surface area contributed by atoms with Crippen molar-refractivity contribution in [3.63, 3.8) is 0 Å². The summed E-state index contributed by atoms with van der Waals surface area (Å²) in [6.45, 7) is 1.90. The van der Waals surface area contributed by atoms with Crippen molar-refractivity contribution in [2.75, 3.05) is 0 Å². The molecule has 2 aromatic rings. The van der Waals surface area contributed by atoms with Crippen molar-refractivity contribution in [2.24, 2.45) is 0 Å². The van der Waals surface area contributed by atoms with Gasteiger partial charge in [-0.25, -0.2) is 4.98 Å². The van der Waals surface area contributed by atoms with E-state index in [-0.39, 0.29) is 5.78 Å². The summed E-state index contributed by atoms with van der Waals surface area (Å²) >= 11 is 0. The van der Waals surface area contributed by atoms with Gasteiger partial charge in [0, 0.05) is 16.8 Å². The van der Waals surface area contributed by atoms with Gasteiger partial charge in [0.25, 0.3) is 0 Å². The van der Waals surface area contributed by atoms with E-state index in [4.69, 9.17) is 0 Å². The van der Waals surface area contributed by atoms with Crippen molar-refractivity contribution in [1.82, 2.24) is 4.98 Å². The molecule has 2 heteroatoms. The fourth-order valence-electron chi connectivity index (χ4n) is 1.99. The van der Waals surface area contributed by atoms with E-state index in [0.717, 1.165) is 22.4 Å². The second kappa shape index (κ2) is 2.76. The summed E-state index contributed by atoms with van der Waals surface area (Å²) in [5, 5.41) is 0. The molecule has 1 heterocycles. The number of aryl methyl sites for hydroxylation is 1. The van der Waals surface area contributed by atoms with Crippen LogP contribution in [0, 0.1) is 6.92 Å². The molecular weight excluding hydrogens is 186 g/mol. The first-order valence-electron chi connectivity index (χ1n) is 4.89. The van der Waals surface area contributed by atoms with Gasteiger partial charge in [-0.2, -0.15) is 0 Å². The summed E-state index contributed by atoms with van der Waals surface area (Å²) in [4.78, 5) is 16.3. The van der Waals surface area contributed by atoms with Gasteiger partial charge < -0.3 is 0 Å². The average molecular weight is 195 g/mol. The zero-order valence-electron chi connectivity index (χ0n) is 8.32. The van der Waals surface area contributed by atoms with Crippen molar-refractivity contribution in [1.29, 1.82) is 0 Å². The number of carbonyl (C=O) groups is 1. The SMILES string of the molecule is Cc1ccc2c(n1)C(=O)c1ccccc1-2. The Bertz CT molecular complexity index is 572. The largest absolute Gasteiger partial charge is 0.287 e. The number of rotatable bonds is 0.